The molecule has 2 aromatic rings. The highest BCUT2D eigenvalue weighted by molar-refractivity contribution is 7.92. The van der Waals surface area contributed by atoms with Crippen LogP contribution in [0.3, 0.4) is 0 Å². The standard InChI is InChI=1S/C13H14N2O2S.C2HF3O2/c14-10-11-6-8-12(9-7-11)15-18(16,17)13-4-2-1-3-5-13;3-2(4,5)1(6)7/h1-9,15H,10,14H2;(H,6,7). The first-order chi connectivity index (χ1) is 11.6. The molecule has 0 amide bonds. The summed E-state index contributed by atoms with van der Waals surface area (Å²) in [5, 5.41) is 7.12. The van der Waals surface area contributed by atoms with Gasteiger partial charge < -0.3 is 10.8 Å². The summed E-state index contributed by atoms with van der Waals surface area (Å²) in [5.41, 5.74) is 6.96. The summed E-state index contributed by atoms with van der Waals surface area (Å²) < 4.78 is 58.3. The zero-order chi connectivity index (χ0) is 19.1. The Hall–Kier alpha value is -2.59. The van der Waals surface area contributed by atoms with E-state index in [1.54, 1.807) is 54.6 Å². The molecule has 25 heavy (non-hydrogen) atoms. The fourth-order valence-electron chi connectivity index (χ4n) is 1.52. The number of hydrogen-bond donors (Lipinski definition) is 3. The number of carboxylic acid groups (broad SMARTS) is 1. The van der Waals surface area contributed by atoms with Gasteiger partial charge in [0.15, 0.2) is 0 Å². The summed E-state index contributed by atoms with van der Waals surface area (Å²) in [7, 11) is -3.51. The van der Waals surface area contributed by atoms with Gasteiger partial charge in [-0.05, 0) is 29.8 Å². The first-order valence-corrected chi connectivity index (χ1v) is 8.21. The van der Waals surface area contributed by atoms with E-state index in [0.29, 0.717) is 12.2 Å². The lowest BCUT2D eigenvalue weighted by Crippen LogP contribution is -2.21. The predicted octanol–water partition coefficient (Wildman–Crippen LogP) is 2.58. The molecule has 10 heteroatoms. The van der Waals surface area contributed by atoms with Crippen LogP contribution in [-0.4, -0.2) is 25.7 Å². The molecule has 0 saturated heterocycles. The van der Waals surface area contributed by atoms with Crippen LogP contribution in [0, 0.1) is 0 Å². The van der Waals surface area contributed by atoms with Crippen molar-refractivity contribution in [3.05, 3.63) is 60.2 Å². The predicted molar refractivity (Wildman–Crippen MR) is 85.3 cm³/mol. The first-order valence-electron chi connectivity index (χ1n) is 6.73. The van der Waals surface area contributed by atoms with Crippen LogP contribution < -0.4 is 10.5 Å². The summed E-state index contributed by atoms with van der Waals surface area (Å²) in [4.78, 5) is 9.14. The number of benzene rings is 2. The molecule has 0 radical (unpaired) electrons. The molecule has 0 aliphatic rings. The molecule has 0 saturated carbocycles. The topological polar surface area (TPSA) is 109 Å². The first kappa shape index (κ1) is 20.5. The van der Waals surface area contributed by atoms with Gasteiger partial charge in [-0.1, -0.05) is 30.3 Å². The summed E-state index contributed by atoms with van der Waals surface area (Å²) >= 11 is 0. The molecule has 0 spiro atoms. The van der Waals surface area contributed by atoms with Crippen molar-refractivity contribution in [2.45, 2.75) is 17.6 Å². The molecular formula is C15H15F3N2O4S. The number of anilines is 1. The highest BCUT2D eigenvalue weighted by Gasteiger charge is 2.38. The lowest BCUT2D eigenvalue weighted by atomic mass is 10.2. The van der Waals surface area contributed by atoms with Crippen molar-refractivity contribution in [2.75, 3.05) is 4.72 Å². The number of nitrogens with one attached hydrogen (secondary N) is 1. The molecule has 6 nitrogen and oxygen atoms in total. The van der Waals surface area contributed by atoms with Crippen molar-refractivity contribution in [3.8, 4) is 0 Å². The van der Waals surface area contributed by atoms with Crippen LogP contribution in [0.5, 0.6) is 0 Å². The van der Waals surface area contributed by atoms with E-state index >= 15 is 0 Å². The Morgan fingerprint density at radius 2 is 1.52 bits per heavy atom. The molecule has 0 heterocycles. The van der Waals surface area contributed by atoms with Crippen LogP contribution in [0.2, 0.25) is 0 Å². The van der Waals surface area contributed by atoms with Crippen molar-refractivity contribution >= 4 is 21.7 Å². The maximum atomic E-state index is 12.0. The van der Waals surface area contributed by atoms with Crippen molar-refractivity contribution in [3.63, 3.8) is 0 Å². The van der Waals surface area contributed by atoms with Crippen molar-refractivity contribution in [2.24, 2.45) is 5.73 Å². The molecule has 0 atom stereocenters. The van der Waals surface area contributed by atoms with Gasteiger partial charge in [0.1, 0.15) is 0 Å². The van der Waals surface area contributed by atoms with Crippen LogP contribution in [0.4, 0.5) is 18.9 Å². The highest BCUT2D eigenvalue weighted by Crippen LogP contribution is 2.16. The van der Waals surface area contributed by atoms with Crippen molar-refractivity contribution in [1.29, 1.82) is 0 Å². The van der Waals surface area contributed by atoms with Gasteiger partial charge in [-0.15, -0.1) is 0 Å². The second kappa shape index (κ2) is 8.49. The zero-order valence-corrected chi connectivity index (χ0v) is 13.5. The third-order valence-electron chi connectivity index (χ3n) is 2.74. The molecule has 0 aliphatic heterocycles. The van der Waals surface area contributed by atoms with Gasteiger partial charge in [0.25, 0.3) is 10.0 Å². The Balaban J connectivity index is 0.000000381. The maximum Gasteiger partial charge on any atom is 0.490 e. The van der Waals surface area contributed by atoms with E-state index in [1.807, 2.05) is 0 Å². The van der Waals surface area contributed by atoms with Crippen LogP contribution in [-0.2, 0) is 21.4 Å². The number of halogens is 3. The molecule has 0 fully saturated rings. The van der Waals surface area contributed by atoms with Gasteiger partial charge in [0.05, 0.1) is 4.90 Å². The lowest BCUT2D eigenvalue weighted by Gasteiger charge is -2.08. The van der Waals surface area contributed by atoms with Crippen molar-refractivity contribution < 1.29 is 31.5 Å². The zero-order valence-electron chi connectivity index (χ0n) is 12.7. The fraction of sp³-hybridized carbons (Fsp3) is 0.133. The monoisotopic (exact) mass is 376 g/mol. The number of carbonyl (C=O) groups is 1. The molecule has 136 valence electrons. The number of carboxylic acids is 1. The minimum atomic E-state index is -5.08. The number of hydrogen-bond acceptors (Lipinski definition) is 4. The molecular weight excluding hydrogens is 361 g/mol. The van der Waals surface area contributed by atoms with E-state index in [9.17, 15) is 21.6 Å². The quantitative estimate of drug-likeness (QED) is 0.760. The molecule has 2 aromatic carbocycles. The third kappa shape index (κ3) is 6.81. The number of alkyl halides is 3. The van der Waals surface area contributed by atoms with E-state index < -0.39 is 22.2 Å². The van der Waals surface area contributed by atoms with Gasteiger partial charge in [-0.2, -0.15) is 13.2 Å². The highest BCUT2D eigenvalue weighted by atomic mass is 32.2. The van der Waals surface area contributed by atoms with E-state index in [1.165, 1.54) is 0 Å². The smallest absolute Gasteiger partial charge is 0.475 e. The third-order valence-corrected chi connectivity index (χ3v) is 4.14. The summed E-state index contributed by atoms with van der Waals surface area (Å²) in [6, 6.07) is 15.2. The Labute approximate surface area is 142 Å². The second-order valence-electron chi connectivity index (χ2n) is 4.62. The van der Waals surface area contributed by atoms with Gasteiger partial charge in [0, 0.05) is 12.2 Å². The minimum Gasteiger partial charge on any atom is -0.475 e. The van der Waals surface area contributed by atoms with Crippen molar-refractivity contribution in [1.82, 2.24) is 0 Å². The number of nitrogens with two attached hydrogens (primary N) is 1. The lowest BCUT2D eigenvalue weighted by molar-refractivity contribution is -0.192. The molecule has 0 aliphatic carbocycles. The van der Waals surface area contributed by atoms with E-state index in [2.05, 4.69) is 4.72 Å². The fourth-order valence-corrected chi connectivity index (χ4v) is 2.60. The Morgan fingerprint density at radius 3 is 1.92 bits per heavy atom. The van der Waals surface area contributed by atoms with Crippen LogP contribution in [0.25, 0.3) is 0 Å². The Morgan fingerprint density at radius 1 is 1.04 bits per heavy atom. The number of sulfonamides is 1. The Kier molecular flexibility index (Phi) is 6.95. The van der Waals surface area contributed by atoms with Gasteiger partial charge in [-0.25, -0.2) is 13.2 Å². The number of rotatable bonds is 4. The van der Waals surface area contributed by atoms with Crippen LogP contribution >= 0.6 is 0 Å². The van der Waals surface area contributed by atoms with E-state index in [-0.39, 0.29) is 4.90 Å². The van der Waals surface area contributed by atoms with E-state index in [0.717, 1.165) is 5.56 Å². The summed E-state index contributed by atoms with van der Waals surface area (Å²) in [6.07, 6.45) is -5.08. The average Bonchev–Trinajstić information content (AvgIpc) is 2.56. The van der Waals surface area contributed by atoms with Gasteiger partial charge in [-0.3, -0.25) is 4.72 Å². The molecule has 0 bridgehead atoms. The SMILES string of the molecule is NCc1ccc(NS(=O)(=O)c2ccccc2)cc1.O=C(O)C(F)(F)F. The summed E-state index contributed by atoms with van der Waals surface area (Å²) in [5.74, 6) is -2.76. The molecule has 0 unspecified atom stereocenters. The Bertz CT molecular complexity index is 792. The van der Waals surface area contributed by atoms with Gasteiger partial charge >= 0.3 is 12.1 Å². The van der Waals surface area contributed by atoms with Crippen LogP contribution in [0.15, 0.2) is 59.5 Å². The molecule has 2 rings (SSSR count). The maximum absolute atomic E-state index is 12.0. The average molecular weight is 376 g/mol. The largest absolute Gasteiger partial charge is 0.490 e. The number of aliphatic carboxylic acids is 1. The normalized spacial score (nSPS) is 11.2. The molecule has 0 aromatic heterocycles. The van der Waals surface area contributed by atoms with Crippen LogP contribution in [0.1, 0.15) is 5.56 Å². The van der Waals surface area contributed by atoms with E-state index in [4.69, 9.17) is 15.6 Å². The summed E-state index contributed by atoms with van der Waals surface area (Å²) in [6.45, 7) is 0.436. The van der Waals surface area contributed by atoms with Gasteiger partial charge in [0.2, 0.25) is 0 Å². The second-order valence-corrected chi connectivity index (χ2v) is 6.30. The minimum absolute atomic E-state index is 0.243. The molecule has 4 N–H and O–H groups in total.